The number of nitrogens with zero attached hydrogens (tertiary/aromatic N) is 2. The van der Waals surface area contributed by atoms with Crippen molar-refractivity contribution in [2.24, 2.45) is 0 Å². The standard InChI is InChI=1S/C9H7BrN2O2/c1-14-9(13)8-11-4-7-3-2-6(10)5-12(7)8/h2-5H,1H3. The molecule has 0 spiro atoms. The Morgan fingerprint density at radius 3 is 3.07 bits per heavy atom. The minimum absolute atomic E-state index is 0.281. The van der Waals surface area contributed by atoms with Crippen molar-refractivity contribution in [2.75, 3.05) is 7.11 Å². The Labute approximate surface area is 88.6 Å². The second-order valence-electron chi connectivity index (χ2n) is 2.72. The van der Waals surface area contributed by atoms with Gasteiger partial charge in [0, 0.05) is 10.7 Å². The molecule has 0 N–H and O–H groups in total. The van der Waals surface area contributed by atoms with Crippen molar-refractivity contribution >= 4 is 27.4 Å². The Morgan fingerprint density at radius 1 is 1.57 bits per heavy atom. The minimum atomic E-state index is -0.442. The van der Waals surface area contributed by atoms with Crippen LogP contribution in [0.5, 0.6) is 0 Å². The van der Waals surface area contributed by atoms with Gasteiger partial charge in [0.1, 0.15) is 0 Å². The SMILES string of the molecule is COC(=O)c1ncc2ccc(Br)cn12. The van der Waals surface area contributed by atoms with Crippen molar-refractivity contribution in [3.8, 4) is 0 Å². The van der Waals surface area contributed by atoms with Gasteiger partial charge in [-0.1, -0.05) is 0 Å². The van der Waals surface area contributed by atoms with Gasteiger partial charge in [-0.05, 0) is 28.1 Å². The van der Waals surface area contributed by atoms with E-state index in [9.17, 15) is 4.79 Å². The van der Waals surface area contributed by atoms with Crippen LogP contribution in [0.2, 0.25) is 0 Å². The quantitative estimate of drug-likeness (QED) is 0.731. The highest BCUT2D eigenvalue weighted by molar-refractivity contribution is 9.10. The number of methoxy groups -OCH3 is 1. The topological polar surface area (TPSA) is 43.6 Å². The number of fused-ring (bicyclic) bond motifs is 1. The third-order valence-electron chi connectivity index (χ3n) is 1.86. The van der Waals surface area contributed by atoms with E-state index in [2.05, 4.69) is 25.7 Å². The lowest BCUT2D eigenvalue weighted by Gasteiger charge is -1.99. The third-order valence-corrected chi connectivity index (χ3v) is 2.33. The molecule has 72 valence electrons. The van der Waals surface area contributed by atoms with Gasteiger partial charge in [-0.2, -0.15) is 0 Å². The molecular formula is C9H7BrN2O2. The molecule has 0 atom stereocenters. The number of imidazole rings is 1. The van der Waals surface area contributed by atoms with E-state index >= 15 is 0 Å². The fourth-order valence-electron chi connectivity index (χ4n) is 1.21. The number of carbonyl (C=O) groups is 1. The van der Waals surface area contributed by atoms with Gasteiger partial charge in [0.15, 0.2) is 0 Å². The van der Waals surface area contributed by atoms with Crippen molar-refractivity contribution in [3.63, 3.8) is 0 Å². The van der Waals surface area contributed by atoms with Crippen LogP contribution in [-0.4, -0.2) is 22.5 Å². The van der Waals surface area contributed by atoms with Gasteiger partial charge in [0.25, 0.3) is 0 Å². The monoisotopic (exact) mass is 254 g/mol. The van der Waals surface area contributed by atoms with Gasteiger partial charge in [-0.15, -0.1) is 0 Å². The van der Waals surface area contributed by atoms with E-state index in [1.54, 1.807) is 16.8 Å². The highest BCUT2D eigenvalue weighted by Crippen LogP contribution is 2.14. The van der Waals surface area contributed by atoms with Gasteiger partial charge in [-0.3, -0.25) is 4.40 Å². The van der Waals surface area contributed by atoms with Crippen LogP contribution in [0.15, 0.2) is 29.0 Å². The first kappa shape index (κ1) is 9.21. The molecule has 0 saturated heterocycles. The number of hydrogen-bond acceptors (Lipinski definition) is 3. The first-order valence-corrected chi connectivity index (χ1v) is 4.72. The second-order valence-corrected chi connectivity index (χ2v) is 3.63. The van der Waals surface area contributed by atoms with Crippen LogP contribution in [0.4, 0.5) is 0 Å². The molecule has 0 aliphatic heterocycles. The second kappa shape index (κ2) is 3.42. The number of pyridine rings is 1. The molecule has 0 unspecified atom stereocenters. The van der Waals surface area contributed by atoms with Gasteiger partial charge < -0.3 is 4.74 Å². The number of ether oxygens (including phenoxy) is 1. The maximum atomic E-state index is 11.3. The molecule has 0 aliphatic carbocycles. The highest BCUT2D eigenvalue weighted by atomic mass is 79.9. The average molecular weight is 255 g/mol. The molecule has 0 bridgehead atoms. The van der Waals surface area contributed by atoms with E-state index < -0.39 is 5.97 Å². The zero-order valence-corrected chi connectivity index (χ0v) is 8.98. The molecule has 0 saturated carbocycles. The summed E-state index contributed by atoms with van der Waals surface area (Å²) in [4.78, 5) is 15.3. The predicted molar refractivity (Wildman–Crippen MR) is 54.2 cm³/mol. The Kier molecular flexibility index (Phi) is 2.25. The lowest BCUT2D eigenvalue weighted by Crippen LogP contribution is -2.06. The zero-order valence-electron chi connectivity index (χ0n) is 7.40. The fraction of sp³-hybridized carbons (Fsp3) is 0.111. The Morgan fingerprint density at radius 2 is 2.36 bits per heavy atom. The average Bonchev–Trinajstić information content (AvgIpc) is 2.59. The van der Waals surface area contributed by atoms with Crippen LogP contribution in [0.1, 0.15) is 10.6 Å². The van der Waals surface area contributed by atoms with Crippen LogP contribution < -0.4 is 0 Å². The number of esters is 1. The lowest BCUT2D eigenvalue weighted by atomic mass is 10.4. The third kappa shape index (κ3) is 1.39. The van der Waals surface area contributed by atoms with E-state index in [1.165, 1.54) is 7.11 Å². The van der Waals surface area contributed by atoms with Gasteiger partial charge in [0.05, 0.1) is 18.8 Å². The predicted octanol–water partition coefficient (Wildman–Crippen LogP) is 1.88. The van der Waals surface area contributed by atoms with E-state index in [1.807, 2.05) is 12.1 Å². The van der Waals surface area contributed by atoms with E-state index in [0.717, 1.165) is 9.99 Å². The molecule has 0 amide bonds. The summed E-state index contributed by atoms with van der Waals surface area (Å²) in [6.45, 7) is 0. The molecule has 2 aromatic rings. The van der Waals surface area contributed by atoms with Crippen LogP contribution >= 0.6 is 15.9 Å². The van der Waals surface area contributed by atoms with E-state index in [0.29, 0.717) is 0 Å². The molecule has 2 heterocycles. The summed E-state index contributed by atoms with van der Waals surface area (Å²) in [5, 5.41) is 0. The van der Waals surface area contributed by atoms with Gasteiger partial charge in [0.2, 0.25) is 5.82 Å². The van der Waals surface area contributed by atoms with Crippen LogP contribution in [0, 0.1) is 0 Å². The van der Waals surface area contributed by atoms with Crippen molar-refractivity contribution in [1.29, 1.82) is 0 Å². The molecule has 14 heavy (non-hydrogen) atoms. The van der Waals surface area contributed by atoms with Gasteiger partial charge >= 0.3 is 5.97 Å². The zero-order chi connectivity index (χ0) is 10.1. The smallest absolute Gasteiger partial charge is 0.374 e. The molecule has 0 aliphatic rings. The summed E-state index contributed by atoms with van der Waals surface area (Å²) in [5.41, 5.74) is 0.855. The maximum absolute atomic E-state index is 11.3. The van der Waals surface area contributed by atoms with Crippen molar-refractivity contribution in [2.45, 2.75) is 0 Å². The Hall–Kier alpha value is -1.36. The van der Waals surface area contributed by atoms with E-state index in [-0.39, 0.29) is 5.82 Å². The minimum Gasteiger partial charge on any atom is -0.463 e. The van der Waals surface area contributed by atoms with E-state index in [4.69, 9.17) is 0 Å². The maximum Gasteiger partial charge on any atom is 0.374 e. The van der Waals surface area contributed by atoms with Gasteiger partial charge in [-0.25, -0.2) is 9.78 Å². The molecule has 0 radical (unpaired) electrons. The number of carbonyl (C=O) groups excluding carboxylic acids is 1. The van der Waals surface area contributed by atoms with Crippen molar-refractivity contribution in [3.05, 3.63) is 34.8 Å². The summed E-state index contributed by atoms with van der Waals surface area (Å²) in [6.07, 6.45) is 3.40. The summed E-state index contributed by atoms with van der Waals surface area (Å²) < 4.78 is 7.16. The number of halogens is 1. The summed E-state index contributed by atoms with van der Waals surface area (Å²) in [7, 11) is 1.33. The molecule has 2 rings (SSSR count). The molecular weight excluding hydrogens is 248 g/mol. The molecule has 5 heteroatoms. The Bertz CT molecular complexity index is 493. The normalized spacial score (nSPS) is 10.4. The summed E-state index contributed by atoms with van der Waals surface area (Å²) in [5.74, 6) is -0.160. The first-order chi connectivity index (χ1) is 6.72. The summed E-state index contributed by atoms with van der Waals surface area (Å²) in [6, 6.07) is 3.75. The molecule has 4 nitrogen and oxygen atoms in total. The first-order valence-electron chi connectivity index (χ1n) is 3.93. The molecule has 2 aromatic heterocycles. The van der Waals surface area contributed by atoms with Crippen molar-refractivity contribution in [1.82, 2.24) is 9.38 Å². The largest absolute Gasteiger partial charge is 0.463 e. The number of hydrogen-bond donors (Lipinski definition) is 0. The van der Waals surface area contributed by atoms with Crippen LogP contribution in [0.3, 0.4) is 0 Å². The molecule has 0 aromatic carbocycles. The summed E-state index contributed by atoms with van der Waals surface area (Å²) >= 11 is 3.32. The molecule has 0 fully saturated rings. The Balaban J connectivity index is 2.67. The van der Waals surface area contributed by atoms with Crippen LogP contribution in [-0.2, 0) is 4.74 Å². The van der Waals surface area contributed by atoms with Crippen molar-refractivity contribution < 1.29 is 9.53 Å². The highest BCUT2D eigenvalue weighted by Gasteiger charge is 2.12. The number of aromatic nitrogens is 2. The lowest BCUT2D eigenvalue weighted by molar-refractivity contribution is 0.0586. The fourth-order valence-corrected chi connectivity index (χ4v) is 1.54. The number of rotatable bonds is 1. The van der Waals surface area contributed by atoms with Crippen LogP contribution in [0.25, 0.3) is 5.52 Å².